The fraction of sp³-hybridized carbons (Fsp3) is 0.292. The van der Waals surface area contributed by atoms with Crippen LogP contribution in [0.3, 0.4) is 0 Å². The Kier molecular flexibility index (Phi) is 5.67. The molecule has 1 amide bonds. The summed E-state index contributed by atoms with van der Waals surface area (Å²) in [6.45, 7) is 3.81. The maximum Gasteiger partial charge on any atom is 0.266 e. The van der Waals surface area contributed by atoms with Crippen LogP contribution in [0.1, 0.15) is 42.2 Å². The number of benzene rings is 1. The van der Waals surface area contributed by atoms with Gasteiger partial charge in [0.2, 0.25) is 0 Å². The lowest BCUT2D eigenvalue weighted by molar-refractivity contribution is 0.0257. The monoisotopic (exact) mass is 422 g/mol. The zero-order valence-electron chi connectivity index (χ0n) is 17.5. The normalized spacial score (nSPS) is 15.3. The van der Waals surface area contributed by atoms with Crippen molar-refractivity contribution < 1.29 is 13.6 Å². The highest BCUT2D eigenvalue weighted by Gasteiger charge is 2.39. The van der Waals surface area contributed by atoms with Gasteiger partial charge in [0.1, 0.15) is 0 Å². The van der Waals surface area contributed by atoms with E-state index < -0.39 is 12.5 Å². The molecule has 31 heavy (non-hydrogen) atoms. The molecule has 1 aliphatic heterocycles. The third kappa shape index (κ3) is 4.55. The summed E-state index contributed by atoms with van der Waals surface area (Å²) < 4.78 is 27.8. The van der Waals surface area contributed by atoms with Gasteiger partial charge in [-0.1, -0.05) is 44.2 Å². The number of amides is 1. The van der Waals surface area contributed by atoms with Gasteiger partial charge in [-0.15, -0.1) is 0 Å². The van der Waals surface area contributed by atoms with Crippen LogP contribution in [0.25, 0.3) is 11.1 Å². The van der Waals surface area contributed by atoms with Crippen LogP contribution in [0.5, 0.6) is 0 Å². The minimum absolute atomic E-state index is 0.172. The van der Waals surface area contributed by atoms with Gasteiger partial charge in [-0.3, -0.25) is 9.78 Å². The number of hydrogen-bond acceptors (Lipinski definition) is 4. The van der Waals surface area contributed by atoms with Crippen molar-refractivity contribution in [3.05, 3.63) is 72.2 Å². The molecule has 1 N–H and O–H groups in total. The van der Waals surface area contributed by atoms with E-state index in [4.69, 9.17) is 0 Å². The molecule has 7 heteroatoms. The lowest BCUT2D eigenvalue weighted by Crippen LogP contribution is -2.27. The standard InChI is InChI=1S/C24H24F2N4O/c1-16(2)20-9-8-18(14-28-20)23(31)29-21-19(17-6-4-3-5-7-17)10-12-27-22(21)30-13-11-24(25,26)15-30/h3-10,12,14,16H,11,13,15H2,1-2H3,(H,29,31). The van der Waals surface area contributed by atoms with E-state index in [0.717, 1.165) is 16.8 Å². The van der Waals surface area contributed by atoms with E-state index in [2.05, 4.69) is 15.3 Å². The molecule has 1 aromatic carbocycles. The molecule has 0 unspecified atom stereocenters. The van der Waals surface area contributed by atoms with Crippen LogP contribution in [-0.4, -0.2) is 34.9 Å². The van der Waals surface area contributed by atoms with Crippen molar-refractivity contribution in [2.45, 2.75) is 32.1 Å². The molecule has 2 aromatic heterocycles. The van der Waals surface area contributed by atoms with E-state index in [0.29, 0.717) is 17.1 Å². The van der Waals surface area contributed by atoms with E-state index in [1.807, 2.05) is 50.2 Å². The minimum Gasteiger partial charge on any atom is -0.349 e. The van der Waals surface area contributed by atoms with E-state index in [1.165, 1.54) is 11.1 Å². The van der Waals surface area contributed by atoms with Crippen molar-refractivity contribution in [3.63, 3.8) is 0 Å². The molecule has 0 radical (unpaired) electrons. The first-order valence-electron chi connectivity index (χ1n) is 10.3. The van der Waals surface area contributed by atoms with Gasteiger partial charge in [-0.05, 0) is 29.7 Å². The number of anilines is 2. The summed E-state index contributed by atoms with van der Waals surface area (Å²) in [7, 11) is 0. The first-order chi connectivity index (χ1) is 14.8. The van der Waals surface area contributed by atoms with Gasteiger partial charge < -0.3 is 10.2 Å². The number of hydrogen-bond donors (Lipinski definition) is 1. The molecule has 1 fully saturated rings. The number of carbonyl (C=O) groups excluding carboxylic acids is 1. The quantitative estimate of drug-likeness (QED) is 0.601. The molecule has 160 valence electrons. The number of rotatable bonds is 5. The highest BCUT2D eigenvalue weighted by molar-refractivity contribution is 6.08. The summed E-state index contributed by atoms with van der Waals surface area (Å²) in [6, 6.07) is 14.8. The molecule has 0 atom stereocenters. The van der Waals surface area contributed by atoms with Gasteiger partial charge in [0.05, 0.1) is 17.8 Å². The zero-order chi connectivity index (χ0) is 22.0. The SMILES string of the molecule is CC(C)c1ccc(C(=O)Nc2c(-c3ccccc3)ccnc2N2CCC(F)(F)C2)cn1. The Morgan fingerprint density at radius 2 is 1.87 bits per heavy atom. The summed E-state index contributed by atoms with van der Waals surface area (Å²) >= 11 is 0. The van der Waals surface area contributed by atoms with E-state index in [9.17, 15) is 13.6 Å². The Hall–Kier alpha value is -3.35. The van der Waals surface area contributed by atoms with Crippen LogP contribution >= 0.6 is 0 Å². The van der Waals surface area contributed by atoms with Crippen LogP contribution in [0.15, 0.2) is 60.9 Å². The van der Waals surface area contributed by atoms with Gasteiger partial charge in [0, 0.05) is 36.6 Å². The number of carbonyl (C=O) groups is 1. The van der Waals surface area contributed by atoms with Crippen molar-refractivity contribution in [1.82, 2.24) is 9.97 Å². The lowest BCUT2D eigenvalue weighted by Gasteiger charge is -2.23. The van der Waals surface area contributed by atoms with Crippen LogP contribution in [0, 0.1) is 0 Å². The minimum atomic E-state index is -2.78. The summed E-state index contributed by atoms with van der Waals surface area (Å²) in [5, 5.41) is 2.92. The zero-order valence-corrected chi connectivity index (χ0v) is 17.5. The number of aromatic nitrogens is 2. The molecular formula is C24H24F2N4O. The Morgan fingerprint density at radius 3 is 2.48 bits per heavy atom. The molecule has 3 heterocycles. The highest BCUT2D eigenvalue weighted by Crippen LogP contribution is 2.39. The molecule has 0 bridgehead atoms. The third-order valence-corrected chi connectivity index (χ3v) is 5.36. The number of alkyl halides is 2. The summed E-state index contributed by atoms with van der Waals surface area (Å²) in [4.78, 5) is 23.3. The molecule has 3 aromatic rings. The van der Waals surface area contributed by atoms with Crippen LogP contribution in [0.2, 0.25) is 0 Å². The van der Waals surface area contributed by atoms with Crippen molar-refractivity contribution >= 4 is 17.4 Å². The maximum atomic E-state index is 13.9. The summed E-state index contributed by atoms with van der Waals surface area (Å²) in [5.41, 5.74) is 3.29. The Labute approximate surface area is 180 Å². The van der Waals surface area contributed by atoms with Crippen LogP contribution < -0.4 is 10.2 Å². The fourth-order valence-electron chi connectivity index (χ4n) is 3.66. The Bertz CT molecular complexity index is 1070. The predicted molar refractivity (Wildman–Crippen MR) is 118 cm³/mol. The predicted octanol–water partition coefficient (Wildman–Crippen LogP) is 5.36. The molecule has 1 saturated heterocycles. The van der Waals surface area contributed by atoms with Crippen molar-refractivity contribution in [1.29, 1.82) is 0 Å². The largest absolute Gasteiger partial charge is 0.349 e. The van der Waals surface area contributed by atoms with Crippen LogP contribution in [0.4, 0.5) is 20.3 Å². The van der Waals surface area contributed by atoms with Crippen molar-refractivity contribution in [3.8, 4) is 11.1 Å². The third-order valence-electron chi connectivity index (χ3n) is 5.36. The Balaban J connectivity index is 1.72. The van der Waals surface area contributed by atoms with E-state index in [1.54, 1.807) is 18.3 Å². The van der Waals surface area contributed by atoms with Crippen LogP contribution in [-0.2, 0) is 0 Å². The van der Waals surface area contributed by atoms with Crippen molar-refractivity contribution in [2.24, 2.45) is 0 Å². The molecule has 5 nitrogen and oxygen atoms in total. The molecule has 4 rings (SSSR count). The fourth-order valence-corrected chi connectivity index (χ4v) is 3.66. The first kappa shape index (κ1) is 20.9. The van der Waals surface area contributed by atoms with E-state index >= 15 is 0 Å². The second-order valence-electron chi connectivity index (χ2n) is 8.03. The van der Waals surface area contributed by atoms with Gasteiger partial charge in [0.25, 0.3) is 11.8 Å². The average Bonchev–Trinajstić information content (AvgIpc) is 3.14. The summed E-state index contributed by atoms with van der Waals surface area (Å²) in [5.74, 6) is -2.54. The smallest absolute Gasteiger partial charge is 0.266 e. The molecule has 0 spiro atoms. The summed E-state index contributed by atoms with van der Waals surface area (Å²) in [6.07, 6.45) is 2.88. The van der Waals surface area contributed by atoms with Crippen molar-refractivity contribution in [2.75, 3.05) is 23.3 Å². The highest BCUT2D eigenvalue weighted by atomic mass is 19.3. The van der Waals surface area contributed by atoms with E-state index in [-0.39, 0.29) is 24.8 Å². The number of nitrogens with one attached hydrogen (secondary N) is 1. The second-order valence-corrected chi connectivity index (χ2v) is 8.03. The molecule has 0 saturated carbocycles. The number of pyridine rings is 2. The number of nitrogens with zero attached hydrogens (tertiary/aromatic N) is 3. The second kappa shape index (κ2) is 8.41. The average molecular weight is 422 g/mol. The Morgan fingerprint density at radius 1 is 1.10 bits per heavy atom. The molecule has 0 aliphatic carbocycles. The molecular weight excluding hydrogens is 398 g/mol. The topological polar surface area (TPSA) is 58.1 Å². The molecule has 1 aliphatic rings. The van der Waals surface area contributed by atoms with Gasteiger partial charge >= 0.3 is 0 Å². The maximum absolute atomic E-state index is 13.9. The van der Waals surface area contributed by atoms with Gasteiger partial charge in [-0.25, -0.2) is 13.8 Å². The van der Waals surface area contributed by atoms with Gasteiger partial charge in [0.15, 0.2) is 5.82 Å². The lowest BCUT2D eigenvalue weighted by atomic mass is 10.0. The van der Waals surface area contributed by atoms with Gasteiger partial charge in [-0.2, -0.15) is 0 Å². The number of halogens is 2. The first-order valence-corrected chi connectivity index (χ1v) is 10.3.